The van der Waals surface area contributed by atoms with Gasteiger partial charge in [-0.05, 0) is 5.56 Å². The van der Waals surface area contributed by atoms with E-state index in [2.05, 4.69) is 60.6 Å². The Kier molecular flexibility index (Phi) is 4.59. The summed E-state index contributed by atoms with van der Waals surface area (Å²) in [6.45, 7) is 5.13. The molecule has 1 heterocycles. The summed E-state index contributed by atoms with van der Waals surface area (Å²) in [6.07, 6.45) is 0. The van der Waals surface area contributed by atoms with Crippen molar-refractivity contribution in [1.29, 1.82) is 0 Å². The highest BCUT2D eigenvalue weighted by atomic mass is 32.2. The molecule has 0 amide bonds. The first-order chi connectivity index (χ1) is 10.7. The van der Waals surface area contributed by atoms with Crippen molar-refractivity contribution in [1.82, 2.24) is 15.0 Å². The minimum Gasteiger partial charge on any atom is -0.234 e. The second kappa shape index (κ2) is 6.79. The summed E-state index contributed by atoms with van der Waals surface area (Å²) in [4.78, 5) is 0. The van der Waals surface area contributed by atoms with E-state index in [1.807, 2.05) is 40.7 Å². The van der Waals surface area contributed by atoms with Gasteiger partial charge in [0.05, 0.1) is 6.54 Å². The summed E-state index contributed by atoms with van der Waals surface area (Å²) in [5, 5.41) is 10.4. The molecule has 3 rings (SSSR count). The third-order valence-electron chi connectivity index (χ3n) is 3.26. The van der Waals surface area contributed by atoms with Gasteiger partial charge in [-0.1, -0.05) is 79.7 Å². The molecular weight excluding hydrogens is 290 g/mol. The lowest BCUT2D eigenvalue weighted by Crippen LogP contribution is -2.04. The molecule has 2 aromatic carbocycles. The van der Waals surface area contributed by atoms with E-state index in [1.54, 1.807) is 0 Å². The Bertz CT molecular complexity index is 721. The average molecular weight is 309 g/mol. The zero-order valence-electron chi connectivity index (χ0n) is 12.8. The first-order valence-electron chi connectivity index (χ1n) is 7.43. The monoisotopic (exact) mass is 309 g/mol. The van der Waals surface area contributed by atoms with Crippen molar-refractivity contribution in [3.05, 3.63) is 66.2 Å². The summed E-state index contributed by atoms with van der Waals surface area (Å²) in [7, 11) is 0. The van der Waals surface area contributed by atoms with Crippen molar-refractivity contribution < 1.29 is 0 Å². The molecule has 0 N–H and O–H groups in total. The SMILES string of the molecule is CC(C)Sc1c(-c2ccccc2)nnn1Cc1ccccc1. The Hall–Kier alpha value is -2.07. The maximum absolute atomic E-state index is 4.43. The first kappa shape index (κ1) is 14.9. The average Bonchev–Trinajstić information content (AvgIpc) is 2.91. The van der Waals surface area contributed by atoms with E-state index in [-0.39, 0.29) is 0 Å². The highest BCUT2D eigenvalue weighted by Crippen LogP contribution is 2.32. The molecule has 0 aliphatic heterocycles. The van der Waals surface area contributed by atoms with Crippen LogP contribution in [0.4, 0.5) is 0 Å². The molecule has 0 radical (unpaired) electrons. The molecule has 0 aliphatic rings. The van der Waals surface area contributed by atoms with Crippen LogP contribution in [0.25, 0.3) is 11.3 Å². The van der Waals surface area contributed by atoms with Gasteiger partial charge in [-0.2, -0.15) is 0 Å². The van der Waals surface area contributed by atoms with Gasteiger partial charge in [0.25, 0.3) is 0 Å². The molecule has 1 aromatic heterocycles. The van der Waals surface area contributed by atoms with Crippen LogP contribution in [0.5, 0.6) is 0 Å². The molecule has 0 spiro atoms. The topological polar surface area (TPSA) is 30.7 Å². The van der Waals surface area contributed by atoms with E-state index in [9.17, 15) is 0 Å². The lowest BCUT2D eigenvalue weighted by molar-refractivity contribution is 0.604. The molecule has 0 saturated heterocycles. The largest absolute Gasteiger partial charge is 0.234 e. The van der Waals surface area contributed by atoms with Crippen molar-refractivity contribution in [2.75, 3.05) is 0 Å². The third kappa shape index (κ3) is 3.39. The molecule has 0 bridgehead atoms. The molecule has 3 aromatic rings. The van der Waals surface area contributed by atoms with Crippen LogP contribution in [0, 0.1) is 0 Å². The van der Waals surface area contributed by atoms with Gasteiger partial charge < -0.3 is 0 Å². The van der Waals surface area contributed by atoms with Crippen LogP contribution in [0.3, 0.4) is 0 Å². The fraction of sp³-hybridized carbons (Fsp3) is 0.222. The van der Waals surface area contributed by atoms with E-state index < -0.39 is 0 Å². The summed E-state index contributed by atoms with van der Waals surface area (Å²) in [5.74, 6) is 0. The summed E-state index contributed by atoms with van der Waals surface area (Å²) < 4.78 is 2.00. The Morgan fingerprint density at radius 2 is 1.59 bits per heavy atom. The van der Waals surface area contributed by atoms with Crippen LogP contribution in [0.2, 0.25) is 0 Å². The predicted octanol–water partition coefficient (Wildman–Crippen LogP) is 4.49. The molecule has 0 atom stereocenters. The van der Waals surface area contributed by atoms with Gasteiger partial charge in [0.1, 0.15) is 10.7 Å². The number of rotatable bonds is 5. The molecule has 22 heavy (non-hydrogen) atoms. The van der Waals surface area contributed by atoms with Crippen molar-refractivity contribution in [3.8, 4) is 11.3 Å². The van der Waals surface area contributed by atoms with Crippen LogP contribution in [0.1, 0.15) is 19.4 Å². The molecule has 0 aliphatic carbocycles. The van der Waals surface area contributed by atoms with Crippen LogP contribution in [-0.4, -0.2) is 20.2 Å². The molecule has 0 saturated carbocycles. The van der Waals surface area contributed by atoms with Gasteiger partial charge in [-0.15, -0.1) is 16.9 Å². The predicted molar refractivity (Wildman–Crippen MR) is 92.0 cm³/mol. The quantitative estimate of drug-likeness (QED) is 0.650. The molecular formula is C18H19N3S. The maximum Gasteiger partial charge on any atom is 0.126 e. The Balaban J connectivity index is 1.98. The number of thioether (sulfide) groups is 1. The van der Waals surface area contributed by atoms with Crippen LogP contribution >= 0.6 is 11.8 Å². The molecule has 4 heteroatoms. The number of benzene rings is 2. The lowest BCUT2D eigenvalue weighted by atomic mass is 10.2. The highest BCUT2D eigenvalue weighted by Gasteiger charge is 2.16. The van der Waals surface area contributed by atoms with E-state index in [0.717, 1.165) is 22.8 Å². The van der Waals surface area contributed by atoms with Crippen LogP contribution in [0.15, 0.2) is 65.7 Å². The van der Waals surface area contributed by atoms with Crippen LogP contribution < -0.4 is 0 Å². The van der Waals surface area contributed by atoms with Crippen molar-refractivity contribution >= 4 is 11.8 Å². The van der Waals surface area contributed by atoms with E-state index in [4.69, 9.17) is 0 Å². The Labute approximate surface area is 135 Å². The van der Waals surface area contributed by atoms with E-state index in [0.29, 0.717) is 5.25 Å². The minimum atomic E-state index is 0.482. The van der Waals surface area contributed by atoms with Gasteiger partial charge in [-0.25, -0.2) is 4.68 Å². The Morgan fingerprint density at radius 3 is 2.23 bits per heavy atom. The van der Waals surface area contributed by atoms with Gasteiger partial charge in [0.2, 0.25) is 0 Å². The smallest absolute Gasteiger partial charge is 0.126 e. The van der Waals surface area contributed by atoms with Gasteiger partial charge in [-0.3, -0.25) is 0 Å². The van der Waals surface area contributed by atoms with Crippen molar-refractivity contribution in [3.63, 3.8) is 0 Å². The summed E-state index contributed by atoms with van der Waals surface area (Å²) >= 11 is 1.81. The zero-order chi connectivity index (χ0) is 15.4. The molecule has 0 fully saturated rings. The standard InChI is InChI=1S/C18H19N3S/c1-14(2)22-18-17(16-11-7-4-8-12-16)19-20-21(18)13-15-9-5-3-6-10-15/h3-12,14H,13H2,1-2H3. The highest BCUT2D eigenvalue weighted by molar-refractivity contribution is 7.99. The third-order valence-corrected chi connectivity index (χ3v) is 4.36. The van der Waals surface area contributed by atoms with Crippen molar-refractivity contribution in [2.45, 2.75) is 30.7 Å². The van der Waals surface area contributed by atoms with E-state index >= 15 is 0 Å². The molecule has 3 nitrogen and oxygen atoms in total. The second-order valence-electron chi connectivity index (χ2n) is 5.42. The second-order valence-corrected chi connectivity index (χ2v) is 6.98. The normalized spacial score (nSPS) is 11.0. The number of nitrogens with zero attached hydrogens (tertiary/aromatic N) is 3. The molecule has 0 unspecified atom stereocenters. The maximum atomic E-state index is 4.43. The fourth-order valence-corrected chi connectivity index (χ4v) is 3.22. The van der Waals surface area contributed by atoms with Gasteiger partial charge in [0, 0.05) is 10.8 Å². The summed E-state index contributed by atoms with van der Waals surface area (Å²) in [6, 6.07) is 20.6. The fourth-order valence-electron chi connectivity index (χ4n) is 2.28. The minimum absolute atomic E-state index is 0.482. The lowest BCUT2D eigenvalue weighted by Gasteiger charge is -2.10. The first-order valence-corrected chi connectivity index (χ1v) is 8.31. The van der Waals surface area contributed by atoms with E-state index in [1.165, 1.54) is 5.56 Å². The number of hydrogen-bond donors (Lipinski definition) is 0. The zero-order valence-corrected chi connectivity index (χ0v) is 13.6. The van der Waals surface area contributed by atoms with Crippen molar-refractivity contribution in [2.24, 2.45) is 0 Å². The Morgan fingerprint density at radius 1 is 0.955 bits per heavy atom. The summed E-state index contributed by atoms with van der Waals surface area (Å²) in [5.41, 5.74) is 3.32. The number of aromatic nitrogens is 3. The van der Waals surface area contributed by atoms with Gasteiger partial charge >= 0.3 is 0 Å². The van der Waals surface area contributed by atoms with Crippen LogP contribution in [-0.2, 0) is 6.54 Å². The van der Waals surface area contributed by atoms with Gasteiger partial charge in [0.15, 0.2) is 0 Å². The molecule has 112 valence electrons. The number of hydrogen-bond acceptors (Lipinski definition) is 3.